The molecule has 2 aromatic carbocycles. The third-order valence-corrected chi connectivity index (χ3v) is 5.28. The van der Waals surface area contributed by atoms with Crippen LogP contribution in [0.1, 0.15) is 24.5 Å². The minimum atomic E-state index is 0.222. The zero-order valence-electron chi connectivity index (χ0n) is 14.7. The molecular formula is C21H25N3O. The number of amides is 1. The van der Waals surface area contributed by atoms with Crippen molar-refractivity contribution in [2.24, 2.45) is 0 Å². The Kier molecular flexibility index (Phi) is 4.45. The van der Waals surface area contributed by atoms with Crippen LogP contribution in [0.25, 0.3) is 0 Å². The second-order valence-corrected chi connectivity index (χ2v) is 7.03. The molecular weight excluding hydrogens is 310 g/mol. The van der Waals surface area contributed by atoms with Crippen LogP contribution in [0.3, 0.4) is 0 Å². The van der Waals surface area contributed by atoms with Crippen molar-refractivity contribution in [2.75, 3.05) is 29.4 Å². The highest BCUT2D eigenvalue weighted by molar-refractivity contribution is 5.96. The number of carbonyl (C=O) groups excluding carboxylic acids is 1. The average molecular weight is 335 g/mol. The average Bonchev–Trinajstić information content (AvgIpc) is 2.65. The molecule has 2 aliphatic heterocycles. The second kappa shape index (κ2) is 6.89. The van der Waals surface area contributed by atoms with Crippen LogP contribution in [-0.2, 0) is 17.8 Å². The van der Waals surface area contributed by atoms with Crippen molar-refractivity contribution in [1.82, 2.24) is 5.32 Å². The highest BCUT2D eigenvalue weighted by Gasteiger charge is 2.24. The van der Waals surface area contributed by atoms with Gasteiger partial charge in [0, 0.05) is 43.5 Å². The van der Waals surface area contributed by atoms with Crippen LogP contribution in [0.5, 0.6) is 0 Å². The summed E-state index contributed by atoms with van der Waals surface area (Å²) in [7, 11) is 0. The van der Waals surface area contributed by atoms with Crippen molar-refractivity contribution >= 4 is 17.3 Å². The first-order valence-corrected chi connectivity index (χ1v) is 9.17. The van der Waals surface area contributed by atoms with Crippen LogP contribution in [0.15, 0.2) is 48.5 Å². The van der Waals surface area contributed by atoms with Crippen LogP contribution in [0.2, 0.25) is 0 Å². The van der Waals surface area contributed by atoms with Gasteiger partial charge in [0.1, 0.15) is 0 Å². The first-order valence-electron chi connectivity index (χ1n) is 9.17. The summed E-state index contributed by atoms with van der Waals surface area (Å²) in [6.45, 7) is 5.96. The third kappa shape index (κ3) is 3.27. The van der Waals surface area contributed by atoms with Crippen LogP contribution in [0, 0.1) is 0 Å². The molecule has 1 fully saturated rings. The lowest BCUT2D eigenvalue weighted by atomic mass is 10.0. The SMILES string of the molecule is C[C@H]1CNCCN1c1cccc(CN2C(=O)CCc3ccccc32)c1. The molecule has 0 unspecified atom stereocenters. The molecule has 4 nitrogen and oxygen atoms in total. The van der Waals surface area contributed by atoms with E-state index in [1.807, 2.05) is 11.0 Å². The molecule has 0 bridgehead atoms. The first kappa shape index (κ1) is 16.2. The number of para-hydroxylation sites is 1. The van der Waals surface area contributed by atoms with E-state index < -0.39 is 0 Å². The van der Waals surface area contributed by atoms with Crippen LogP contribution in [0.4, 0.5) is 11.4 Å². The summed E-state index contributed by atoms with van der Waals surface area (Å²) in [5, 5.41) is 3.44. The van der Waals surface area contributed by atoms with Gasteiger partial charge < -0.3 is 15.1 Å². The van der Waals surface area contributed by atoms with E-state index in [1.165, 1.54) is 16.8 Å². The number of anilines is 2. The Morgan fingerprint density at radius 2 is 2.00 bits per heavy atom. The van der Waals surface area contributed by atoms with E-state index in [0.29, 0.717) is 19.0 Å². The molecule has 2 aliphatic rings. The fraction of sp³-hybridized carbons (Fsp3) is 0.381. The summed E-state index contributed by atoms with van der Waals surface area (Å²) >= 11 is 0. The van der Waals surface area contributed by atoms with E-state index in [-0.39, 0.29) is 5.91 Å². The van der Waals surface area contributed by atoms with Crippen molar-refractivity contribution in [1.29, 1.82) is 0 Å². The van der Waals surface area contributed by atoms with E-state index in [0.717, 1.165) is 31.7 Å². The van der Waals surface area contributed by atoms with Crippen LogP contribution in [-0.4, -0.2) is 31.6 Å². The molecule has 0 spiro atoms. The number of hydrogen-bond donors (Lipinski definition) is 1. The molecule has 0 radical (unpaired) electrons. The molecule has 130 valence electrons. The topological polar surface area (TPSA) is 35.6 Å². The zero-order chi connectivity index (χ0) is 17.2. The zero-order valence-corrected chi connectivity index (χ0v) is 14.7. The number of benzene rings is 2. The van der Waals surface area contributed by atoms with Crippen molar-refractivity contribution in [2.45, 2.75) is 32.4 Å². The summed E-state index contributed by atoms with van der Waals surface area (Å²) in [4.78, 5) is 16.9. The molecule has 25 heavy (non-hydrogen) atoms. The maximum absolute atomic E-state index is 12.5. The van der Waals surface area contributed by atoms with Crippen LogP contribution < -0.4 is 15.1 Å². The van der Waals surface area contributed by atoms with Crippen molar-refractivity contribution in [3.05, 3.63) is 59.7 Å². The van der Waals surface area contributed by atoms with Gasteiger partial charge in [0.2, 0.25) is 5.91 Å². The fourth-order valence-corrected chi connectivity index (χ4v) is 3.91. The van der Waals surface area contributed by atoms with Gasteiger partial charge in [0.05, 0.1) is 6.54 Å². The third-order valence-electron chi connectivity index (χ3n) is 5.28. The smallest absolute Gasteiger partial charge is 0.227 e. The Hall–Kier alpha value is -2.33. The van der Waals surface area contributed by atoms with Gasteiger partial charge in [-0.2, -0.15) is 0 Å². The normalized spacial score (nSPS) is 20.5. The highest BCUT2D eigenvalue weighted by atomic mass is 16.2. The van der Waals surface area contributed by atoms with Gasteiger partial charge >= 0.3 is 0 Å². The molecule has 0 aromatic heterocycles. The molecule has 2 aromatic rings. The number of hydrogen-bond acceptors (Lipinski definition) is 3. The minimum absolute atomic E-state index is 0.222. The molecule has 2 heterocycles. The number of nitrogens with zero attached hydrogens (tertiary/aromatic N) is 2. The number of carbonyl (C=O) groups is 1. The van der Waals surface area contributed by atoms with E-state index in [4.69, 9.17) is 0 Å². The summed E-state index contributed by atoms with van der Waals surface area (Å²) in [5.74, 6) is 0.222. The van der Waals surface area contributed by atoms with Crippen molar-refractivity contribution < 1.29 is 4.79 Å². The van der Waals surface area contributed by atoms with E-state index in [9.17, 15) is 4.79 Å². The molecule has 1 saturated heterocycles. The van der Waals surface area contributed by atoms with Crippen molar-refractivity contribution in [3.8, 4) is 0 Å². The van der Waals surface area contributed by atoms with Gasteiger partial charge in [-0.1, -0.05) is 30.3 Å². The summed E-state index contributed by atoms with van der Waals surface area (Å²) < 4.78 is 0. The summed E-state index contributed by atoms with van der Waals surface area (Å²) in [6.07, 6.45) is 1.45. The fourth-order valence-electron chi connectivity index (χ4n) is 3.91. The van der Waals surface area contributed by atoms with Crippen LogP contribution >= 0.6 is 0 Å². The molecule has 1 N–H and O–H groups in total. The standard InChI is InChI=1S/C21H25N3O/c1-16-14-22-11-12-23(16)19-7-4-5-17(13-19)15-24-20-8-3-2-6-18(20)9-10-21(24)25/h2-8,13,16,22H,9-12,14-15H2,1H3/t16-/m0/s1. The number of piperazine rings is 1. The lowest BCUT2D eigenvalue weighted by molar-refractivity contribution is -0.119. The van der Waals surface area contributed by atoms with E-state index >= 15 is 0 Å². The number of rotatable bonds is 3. The van der Waals surface area contributed by atoms with Crippen molar-refractivity contribution in [3.63, 3.8) is 0 Å². The Morgan fingerprint density at radius 3 is 2.88 bits per heavy atom. The molecule has 1 amide bonds. The number of aryl methyl sites for hydroxylation is 1. The van der Waals surface area contributed by atoms with Gasteiger partial charge in [-0.3, -0.25) is 4.79 Å². The van der Waals surface area contributed by atoms with Gasteiger partial charge in [-0.25, -0.2) is 0 Å². The van der Waals surface area contributed by atoms with E-state index in [2.05, 4.69) is 59.6 Å². The highest BCUT2D eigenvalue weighted by Crippen LogP contribution is 2.29. The van der Waals surface area contributed by atoms with E-state index in [1.54, 1.807) is 0 Å². The summed E-state index contributed by atoms with van der Waals surface area (Å²) in [5.41, 5.74) is 4.78. The lowest BCUT2D eigenvalue weighted by Gasteiger charge is -2.36. The Morgan fingerprint density at radius 1 is 1.12 bits per heavy atom. The maximum atomic E-state index is 12.5. The maximum Gasteiger partial charge on any atom is 0.227 e. The number of fused-ring (bicyclic) bond motifs is 1. The first-order chi connectivity index (χ1) is 12.2. The monoisotopic (exact) mass is 335 g/mol. The Labute approximate surface area is 149 Å². The number of nitrogens with one attached hydrogen (secondary N) is 1. The lowest BCUT2D eigenvalue weighted by Crippen LogP contribution is -2.49. The molecule has 1 atom stereocenters. The van der Waals surface area contributed by atoms with Gasteiger partial charge in [0.15, 0.2) is 0 Å². The predicted molar refractivity (Wildman–Crippen MR) is 102 cm³/mol. The Bertz CT molecular complexity index is 773. The molecule has 0 aliphatic carbocycles. The van der Waals surface area contributed by atoms with Gasteiger partial charge in [-0.05, 0) is 42.7 Å². The van der Waals surface area contributed by atoms with Gasteiger partial charge in [-0.15, -0.1) is 0 Å². The Balaban J connectivity index is 1.59. The second-order valence-electron chi connectivity index (χ2n) is 7.03. The largest absolute Gasteiger partial charge is 0.366 e. The predicted octanol–water partition coefficient (Wildman–Crippen LogP) is 2.96. The van der Waals surface area contributed by atoms with Gasteiger partial charge in [0.25, 0.3) is 0 Å². The molecule has 4 heteroatoms. The quantitative estimate of drug-likeness (QED) is 0.937. The molecule has 4 rings (SSSR count). The summed E-state index contributed by atoms with van der Waals surface area (Å²) in [6, 6.07) is 17.4. The molecule has 0 saturated carbocycles. The minimum Gasteiger partial charge on any atom is -0.366 e.